The van der Waals surface area contributed by atoms with Crippen LogP contribution in [0.3, 0.4) is 0 Å². The van der Waals surface area contributed by atoms with Crippen LogP contribution in [0, 0.1) is 5.41 Å². The zero-order valence-corrected chi connectivity index (χ0v) is 11.1. The molecule has 0 radical (unpaired) electrons. The number of rotatable bonds is 2. The first-order valence-electron chi connectivity index (χ1n) is 6.58. The minimum atomic E-state index is 0.586. The molecule has 1 aliphatic rings. The molecule has 1 aromatic carbocycles. The zero-order chi connectivity index (χ0) is 13.2. The molecule has 0 atom stereocenters. The van der Waals surface area contributed by atoms with E-state index in [-0.39, 0.29) is 0 Å². The van der Waals surface area contributed by atoms with Crippen LogP contribution >= 0.6 is 0 Å². The average Bonchev–Trinajstić information content (AvgIpc) is 2.45. The molecular weight excluding hydrogens is 236 g/mol. The molecule has 0 amide bonds. The number of benzene rings is 1. The number of nitrogens with one attached hydrogen (secondary N) is 1. The average molecular weight is 254 g/mol. The number of aryl methyl sites for hydroxylation is 1. The topological polar surface area (TPSA) is 44.9 Å². The summed E-state index contributed by atoms with van der Waals surface area (Å²) < 4.78 is 1.78. The highest BCUT2D eigenvalue weighted by Gasteiger charge is 2.19. The number of hydrogen-bond acceptors (Lipinski definition) is 3. The maximum absolute atomic E-state index is 8.14. The van der Waals surface area contributed by atoms with Gasteiger partial charge in [-0.1, -0.05) is 30.3 Å². The van der Waals surface area contributed by atoms with Gasteiger partial charge >= 0.3 is 0 Å². The van der Waals surface area contributed by atoms with Gasteiger partial charge in [0.05, 0.1) is 12.0 Å². The van der Waals surface area contributed by atoms with Gasteiger partial charge in [0.15, 0.2) is 0 Å². The van der Waals surface area contributed by atoms with E-state index >= 15 is 0 Å². The van der Waals surface area contributed by atoms with Gasteiger partial charge in [-0.15, -0.1) is 0 Å². The fourth-order valence-electron chi connectivity index (χ4n) is 2.57. The van der Waals surface area contributed by atoms with E-state index in [1.807, 2.05) is 13.1 Å². The minimum Gasteiger partial charge on any atom is -0.320 e. The van der Waals surface area contributed by atoms with Crippen molar-refractivity contribution >= 4 is 0 Å². The molecule has 3 rings (SSSR count). The highest BCUT2D eigenvalue weighted by molar-refractivity contribution is 5.20. The molecule has 0 aliphatic carbocycles. The van der Waals surface area contributed by atoms with E-state index < -0.39 is 0 Å². The van der Waals surface area contributed by atoms with E-state index in [9.17, 15) is 0 Å². The molecule has 1 aromatic heterocycles. The molecule has 0 saturated heterocycles. The summed E-state index contributed by atoms with van der Waals surface area (Å²) in [6, 6.07) is 10.5. The number of nitrogens with zero attached hydrogens (tertiary/aromatic N) is 3. The Balaban J connectivity index is 1.82. The Hall–Kier alpha value is -1.94. The molecule has 0 unspecified atom stereocenters. The van der Waals surface area contributed by atoms with E-state index in [1.165, 1.54) is 5.56 Å². The van der Waals surface area contributed by atoms with Gasteiger partial charge in [0.1, 0.15) is 5.49 Å². The van der Waals surface area contributed by atoms with Gasteiger partial charge in [-0.2, -0.15) is 0 Å². The summed E-state index contributed by atoms with van der Waals surface area (Å²) in [6.07, 6.45) is 2.68. The highest BCUT2D eigenvalue weighted by atomic mass is 15.1. The van der Waals surface area contributed by atoms with Crippen LogP contribution in [-0.4, -0.2) is 21.0 Å². The standard InChI is InChI=1S/C15H18N4/c1-18-11-17-14-7-8-19(10-13(14)15(18)16)9-12-5-3-2-4-6-12/h2-6,11,16H,7-10H2,1H3. The normalized spacial score (nSPS) is 15.2. The van der Waals surface area contributed by atoms with Crippen LogP contribution in [0.15, 0.2) is 36.7 Å². The summed E-state index contributed by atoms with van der Waals surface area (Å²) in [7, 11) is 1.88. The van der Waals surface area contributed by atoms with Crippen molar-refractivity contribution < 1.29 is 0 Å². The van der Waals surface area contributed by atoms with Crippen LogP contribution in [-0.2, 0) is 26.6 Å². The molecule has 4 nitrogen and oxygen atoms in total. The number of fused-ring (bicyclic) bond motifs is 1. The minimum absolute atomic E-state index is 0.586. The molecule has 4 heteroatoms. The van der Waals surface area contributed by atoms with Crippen molar-refractivity contribution in [1.29, 1.82) is 5.41 Å². The Bertz CT molecular complexity index is 630. The Morgan fingerprint density at radius 3 is 2.84 bits per heavy atom. The summed E-state index contributed by atoms with van der Waals surface area (Å²) in [5.41, 5.74) is 4.08. The van der Waals surface area contributed by atoms with Crippen molar-refractivity contribution in [2.75, 3.05) is 6.54 Å². The molecule has 2 aromatic rings. The fraction of sp³-hybridized carbons (Fsp3) is 0.333. The largest absolute Gasteiger partial charge is 0.320 e. The van der Waals surface area contributed by atoms with Crippen molar-refractivity contribution in [3.63, 3.8) is 0 Å². The third kappa shape index (κ3) is 2.44. The SMILES string of the molecule is Cn1cnc2c(c1=N)CN(Cc1ccccc1)CC2. The summed E-state index contributed by atoms with van der Waals surface area (Å²) in [4.78, 5) is 6.82. The maximum Gasteiger partial charge on any atom is 0.132 e. The van der Waals surface area contributed by atoms with E-state index in [4.69, 9.17) is 5.41 Å². The van der Waals surface area contributed by atoms with Crippen LogP contribution in [0.25, 0.3) is 0 Å². The second kappa shape index (κ2) is 4.97. The predicted molar refractivity (Wildman–Crippen MR) is 73.3 cm³/mol. The zero-order valence-electron chi connectivity index (χ0n) is 11.1. The molecular formula is C15H18N4. The van der Waals surface area contributed by atoms with E-state index in [1.54, 1.807) is 10.9 Å². The highest BCUT2D eigenvalue weighted by Crippen LogP contribution is 2.15. The van der Waals surface area contributed by atoms with Crippen molar-refractivity contribution in [2.45, 2.75) is 19.5 Å². The van der Waals surface area contributed by atoms with E-state index in [0.717, 1.165) is 37.3 Å². The lowest BCUT2D eigenvalue weighted by molar-refractivity contribution is 0.240. The molecule has 0 bridgehead atoms. The fourth-order valence-corrected chi connectivity index (χ4v) is 2.57. The molecule has 0 spiro atoms. The van der Waals surface area contributed by atoms with Crippen LogP contribution in [0.5, 0.6) is 0 Å². The Labute approximate surface area is 112 Å². The molecule has 1 N–H and O–H groups in total. The molecule has 98 valence electrons. The first kappa shape index (κ1) is 12.1. The first-order chi connectivity index (χ1) is 9.24. The molecule has 0 saturated carbocycles. The van der Waals surface area contributed by atoms with Crippen molar-refractivity contribution in [2.24, 2.45) is 7.05 Å². The predicted octanol–water partition coefficient (Wildman–Crippen LogP) is 1.46. The van der Waals surface area contributed by atoms with Crippen molar-refractivity contribution in [3.05, 3.63) is 59.0 Å². The second-order valence-electron chi connectivity index (χ2n) is 5.08. The van der Waals surface area contributed by atoms with Gasteiger partial charge in [-0.3, -0.25) is 10.3 Å². The van der Waals surface area contributed by atoms with Gasteiger partial charge in [0, 0.05) is 38.7 Å². The number of hydrogen-bond donors (Lipinski definition) is 1. The van der Waals surface area contributed by atoms with E-state index in [2.05, 4.69) is 34.1 Å². The third-order valence-electron chi connectivity index (χ3n) is 3.67. The lowest BCUT2D eigenvalue weighted by Gasteiger charge is -2.28. The second-order valence-corrected chi connectivity index (χ2v) is 5.08. The Morgan fingerprint density at radius 2 is 2.05 bits per heavy atom. The maximum atomic E-state index is 8.14. The lowest BCUT2D eigenvalue weighted by atomic mass is 10.1. The van der Waals surface area contributed by atoms with Gasteiger partial charge in [0.2, 0.25) is 0 Å². The molecule has 1 aliphatic heterocycles. The van der Waals surface area contributed by atoms with Gasteiger partial charge in [-0.05, 0) is 5.56 Å². The summed E-state index contributed by atoms with van der Waals surface area (Å²) in [5, 5.41) is 8.14. The Morgan fingerprint density at radius 1 is 1.26 bits per heavy atom. The number of aromatic nitrogens is 2. The van der Waals surface area contributed by atoms with Crippen LogP contribution in [0.1, 0.15) is 16.8 Å². The molecule has 2 heterocycles. The van der Waals surface area contributed by atoms with Gasteiger partial charge < -0.3 is 4.57 Å². The summed E-state index contributed by atoms with van der Waals surface area (Å²) in [5.74, 6) is 0. The lowest BCUT2D eigenvalue weighted by Crippen LogP contribution is -2.36. The smallest absolute Gasteiger partial charge is 0.132 e. The quantitative estimate of drug-likeness (QED) is 0.882. The summed E-state index contributed by atoms with van der Waals surface area (Å²) in [6.45, 7) is 2.78. The van der Waals surface area contributed by atoms with Crippen molar-refractivity contribution in [1.82, 2.24) is 14.5 Å². The monoisotopic (exact) mass is 254 g/mol. The van der Waals surface area contributed by atoms with Crippen molar-refractivity contribution in [3.8, 4) is 0 Å². The van der Waals surface area contributed by atoms with Crippen LogP contribution in [0.4, 0.5) is 0 Å². The first-order valence-corrected chi connectivity index (χ1v) is 6.58. The Kier molecular flexibility index (Phi) is 3.17. The van der Waals surface area contributed by atoms with Crippen LogP contribution in [0.2, 0.25) is 0 Å². The molecule has 19 heavy (non-hydrogen) atoms. The van der Waals surface area contributed by atoms with Gasteiger partial charge in [0.25, 0.3) is 0 Å². The molecule has 0 fully saturated rings. The van der Waals surface area contributed by atoms with E-state index in [0.29, 0.717) is 5.49 Å². The van der Waals surface area contributed by atoms with Crippen LogP contribution < -0.4 is 5.49 Å². The summed E-state index contributed by atoms with van der Waals surface area (Å²) >= 11 is 0. The third-order valence-corrected chi connectivity index (χ3v) is 3.67. The van der Waals surface area contributed by atoms with Gasteiger partial charge in [-0.25, -0.2) is 4.98 Å².